The fourth-order valence-electron chi connectivity index (χ4n) is 2.91. The van der Waals surface area contributed by atoms with E-state index in [0.29, 0.717) is 18.2 Å². The molecule has 1 aliphatic rings. The van der Waals surface area contributed by atoms with Crippen molar-refractivity contribution in [2.75, 3.05) is 0 Å². The third-order valence-electron chi connectivity index (χ3n) is 4.31. The number of amides is 1. The summed E-state index contributed by atoms with van der Waals surface area (Å²) in [6.07, 6.45) is 4.81. The minimum absolute atomic E-state index is 0.164. The number of hydrogen-bond acceptors (Lipinski definition) is 4. The molecule has 1 unspecified atom stereocenters. The van der Waals surface area contributed by atoms with Crippen LogP contribution in [0, 0.1) is 12.8 Å². The normalized spacial score (nSPS) is 17.3. The first-order chi connectivity index (χ1) is 10.6. The number of aryl methyl sites for hydroxylation is 3. The molecule has 0 aliphatic heterocycles. The lowest BCUT2D eigenvalue weighted by Crippen LogP contribution is -2.25. The van der Waals surface area contributed by atoms with E-state index >= 15 is 0 Å². The van der Waals surface area contributed by atoms with Gasteiger partial charge < -0.3 is 9.84 Å². The number of carbonyl (C=O) groups is 1. The molecule has 0 fully saturated rings. The SMILES string of the molecule is CCn1cc(CNC(=O)c2noc3c2CC(C)CC3)c(C)n1. The summed E-state index contributed by atoms with van der Waals surface area (Å²) in [5.74, 6) is 1.28. The second-order valence-corrected chi connectivity index (χ2v) is 6.06. The fraction of sp³-hybridized carbons (Fsp3) is 0.562. The molecule has 0 radical (unpaired) electrons. The molecule has 1 N–H and O–H groups in total. The number of fused-ring (bicyclic) bond motifs is 1. The largest absolute Gasteiger partial charge is 0.360 e. The van der Waals surface area contributed by atoms with Gasteiger partial charge in [-0.1, -0.05) is 12.1 Å². The van der Waals surface area contributed by atoms with Gasteiger partial charge in [0.25, 0.3) is 5.91 Å². The summed E-state index contributed by atoms with van der Waals surface area (Å²) >= 11 is 0. The van der Waals surface area contributed by atoms with Crippen molar-refractivity contribution in [1.82, 2.24) is 20.3 Å². The maximum Gasteiger partial charge on any atom is 0.274 e. The van der Waals surface area contributed by atoms with E-state index in [1.165, 1.54) is 0 Å². The van der Waals surface area contributed by atoms with Gasteiger partial charge in [0.1, 0.15) is 5.76 Å². The van der Waals surface area contributed by atoms with Crippen LogP contribution < -0.4 is 5.32 Å². The number of rotatable bonds is 4. The number of hydrogen-bond donors (Lipinski definition) is 1. The van der Waals surface area contributed by atoms with Crippen molar-refractivity contribution in [3.63, 3.8) is 0 Å². The monoisotopic (exact) mass is 302 g/mol. The van der Waals surface area contributed by atoms with Crippen LogP contribution in [-0.4, -0.2) is 20.8 Å². The summed E-state index contributed by atoms with van der Waals surface area (Å²) in [5.41, 5.74) is 3.40. The molecule has 2 heterocycles. The molecule has 6 heteroatoms. The van der Waals surface area contributed by atoms with E-state index in [2.05, 4.69) is 22.5 Å². The molecule has 0 aromatic carbocycles. The molecular weight excluding hydrogens is 280 g/mol. The van der Waals surface area contributed by atoms with E-state index in [1.807, 2.05) is 24.7 Å². The zero-order chi connectivity index (χ0) is 15.7. The standard InChI is InChI=1S/C16H22N4O2/c1-4-20-9-12(11(3)18-20)8-17-16(21)15-13-7-10(2)5-6-14(13)22-19-15/h9-10H,4-8H2,1-3H3,(H,17,21). The Labute approximate surface area is 129 Å². The third kappa shape index (κ3) is 2.77. The summed E-state index contributed by atoms with van der Waals surface area (Å²) < 4.78 is 7.20. The average molecular weight is 302 g/mol. The molecule has 118 valence electrons. The highest BCUT2D eigenvalue weighted by molar-refractivity contribution is 5.93. The highest BCUT2D eigenvalue weighted by Crippen LogP contribution is 2.27. The Bertz CT molecular complexity index is 686. The average Bonchev–Trinajstić information content (AvgIpc) is 3.07. The zero-order valence-electron chi connectivity index (χ0n) is 13.3. The van der Waals surface area contributed by atoms with Gasteiger partial charge in [-0.05, 0) is 32.6 Å². The second kappa shape index (κ2) is 5.94. The summed E-state index contributed by atoms with van der Waals surface area (Å²) in [7, 11) is 0. The van der Waals surface area contributed by atoms with Crippen molar-refractivity contribution in [1.29, 1.82) is 0 Å². The maximum absolute atomic E-state index is 12.4. The van der Waals surface area contributed by atoms with Crippen LogP contribution in [0.5, 0.6) is 0 Å². The van der Waals surface area contributed by atoms with Crippen LogP contribution in [-0.2, 0) is 25.9 Å². The quantitative estimate of drug-likeness (QED) is 0.940. The Morgan fingerprint density at radius 2 is 2.36 bits per heavy atom. The molecule has 2 aromatic rings. The van der Waals surface area contributed by atoms with Gasteiger partial charge in [-0.3, -0.25) is 9.48 Å². The highest BCUT2D eigenvalue weighted by Gasteiger charge is 2.26. The first-order valence-electron chi connectivity index (χ1n) is 7.87. The molecule has 0 saturated heterocycles. The van der Waals surface area contributed by atoms with Gasteiger partial charge >= 0.3 is 0 Å². The third-order valence-corrected chi connectivity index (χ3v) is 4.31. The summed E-state index contributed by atoms with van der Waals surface area (Å²) in [6, 6.07) is 0. The molecule has 1 atom stereocenters. The Morgan fingerprint density at radius 3 is 3.09 bits per heavy atom. The van der Waals surface area contributed by atoms with Crippen LogP contribution in [0.4, 0.5) is 0 Å². The first kappa shape index (κ1) is 14.8. The van der Waals surface area contributed by atoms with Crippen LogP contribution in [0.3, 0.4) is 0 Å². The van der Waals surface area contributed by atoms with Crippen LogP contribution in [0.2, 0.25) is 0 Å². The minimum Gasteiger partial charge on any atom is -0.360 e. The van der Waals surface area contributed by atoms with Crippen molar-refractivity contribution in [3.8, 4) is 0 Å². The molecule has 2 aromatic heterocycles. The van der Waals surface area contributed by atoms with Crippen LogP contribution >= 0.6 is 0 Å². The van der Waals surface area contributed by atoms with Crippen molar-refractivity contribution in [3.05, 3.63) is 34.5 Å². The Hall–Kier alpha value is -2.11. The van der Waals surface area contributed by atoms with E-state index in [-0.39, 0.29) is 5.91 Å². The lowest BCUT2D eigenvalue weighted by atomic mass is 9.88. The molecule has 22 heavy (non-hydrogen) atoms. The molecule has 0 saturated carbocycles. The zero-order valence-corrected chi connectivity index (χ0v) is 13.3. The van der Waals surface area contributed by atoms with Gasteiger partial charge in [-0.25, -0.2) is 0 Å². The number of nitrogens with zero attached hydrogens (tertiary/aromatic N) is 3. The van der Waals surface area contributed by atoms with E-state index in [1.54, 1.807) is 0 Å². The molecule has 6 nitrogen and oxygen atoms in total. The molecule has 0 spiro atoms. The summed E-state index contributed by atoms with van der Waals surface area (Å²) in [6.45, 7) is 7.47. The molecule has 1 amide bonds. The molecule has 1 aliphatic carbocycles. The van der Waals surface area contributed by atoms with Crippen LogP contribution in [0.25, 0.3) is 0 Å². The van der Waals surface area contributed by atoms with Gasteiger partial charge in [0.15, 0.2) is 5.69 Å². The van der Waals surface area contributed by atoms with Gasteiger partial charge in [0, 0.05) is 36.8 Å². The topological polar surface area (TPSA) is 73.0 Å². The maximum atomic E-state index is 12.4. The van der Waals surface area contributed by atoms with Gasteiger partial charge in [0.05, 0.1) is 5.69 Å². The summed E-state index contributed by atoms with van der Waals surface area (Å²) in [5, 5.41) is 11.3. The van der Waals surface area contributed by atoms with Gasteiger partial charge in [0.2, 0.25) is 0 Å². The molecule has 0 bridgehead atoms. The predicted octanol–water partition coefficient (Wildman–Crippen LogP) is 2.25. The summed E-state index contributed by atoms with van der Waals surface area (Å²) in [4.78, 5) is 12.4. The van der Waals surface area contributed by atoms with E-state index in [9.17, 15) is 4.79 Å². The van der Waals surface area contributed by atoms with E-state index in [0.717, 1.165) is 48.4 Å². The highest BCUT2D eigenvalue weighted by atomic mass is 16.5. The molecular formula is C16H22N4O2. The van der Waals surface area contributed by atoms with E-state index in [4.69, 9.17) is 4.52 Å². The molecule has 3 rings (SSSR count). The van der Waals surface area contributed by atoms with Crippen LogP contribution in [0.1, 0.15) is 53.3 Å². The Kier molecular flexibility index (Phi) is 4.00. The number of carbonyl (C=O) groups excluding carboxylic acids is 1. The first-order valence-corrected chi connectivity index (χ1v) is 7.87. The van der Waals surface area contributed by atoms with Crippen molar-refractivity contribution in [2.24, 2.45) is 5.92 Å². The van der Waals surface area contributed by atoms with Gasteiger partial charge in [-0.15, -0.1) is 0 Å². The predicted molar refractivity (Wildman–Crippen MR) is 81.5 cm³/mol. The van der Waals surface area contributed by atoms with Crippen LogP contribution in [0.15, 0.2) is 10.7 Å². The van der Waals surface area contributed by atoms with Crippen molar-refractivity contribution in [2.45, 2.75) is 53.1 Å². The smallest absolute Gasteiger partial charge is 0.274 e. The lowest BCUT2D eigenvalue weighted by Gasteiger charge is -2.16. The second-order valence-electron chi connectivity index (χ2n) is 6.06. The fourth-order valence-corrected chi connectivity index (χ4v) is 2.91. The Balaban J connectivity index is 1.70. The minimum atomic E-state index is -0.164. The number of aromatic nitrogens is 3. The van der Waals surface area contributed by atoms with Crippen molar-refractivity contribution >= 4 is 5.91 Å². The van der Waals surface area contributed by atoms with E-state index < -0.39 is 0 Å². The van der Waals surface area contributed by atoms with Crippen molar-refractivity contribution < 1.29 is 9.32 Å². The number of nitrogens with one attached hydrogen (secondary N) is 1. The Morgan fingerprint density at radius 1 is 1.55 bits per heavy atom. The van der Waals surface area contributed by atoms with Gasteiger partial charge in [-0.2, -0.15) is 5.10 Å². The lowest BCUT2D eigenvalue weighted by molar-refractivity contribution is 0.0941.